The molecule has 1 aliphatic heterocycles. The molecule has 6 nitrogen and oxygen atoms in total. The highest BCUT2D eigenvalue weighted by molar-refractivity contribution is 5.85. The summed E-state index contributed by atoms with van der Waals surface area (Å²) in [4.78, 5) is 12.4. The summed E-state index contributed by atoms with van der Waals surface area (Å²) in [6.07, 6.45) is 1.74. The standard InChI is InChI=1S/C17H26N2O4.ClH/c1-11-9-12(7-8-18-11)17(20)19-10-13-5-6-14(21-2)16(23-4)15(13)22-3;/h5-6,11-12,18H,7-10H2,1-4H3,(H,19,20);1H/t11-,12-;/m0./s1. The van der Waals surface area contributed by atoms with Gasteiger partial charge in [-0.2, -0.15) is 0 Å². The molecule has 0 bridgehead atoms. The molecule has 24 heavy (non-hydrogen) atoms. The maximum atomic E-state index is 12.4. The second kappa shape index (κ2) is 9.59. The van der Waals surface area contributed by atoms with Crippen molar-refractivity contribution in [3.8, 4) is 17.2 Å². The number of benzene rings is 1. The molecule has 0 unspecified atom stereocenters. The summed E-state index contributed by atoms with van der Waals surface area (Å²) in [5, 5.41) is 6.37. The zero-order chi connectivity index (χ0) is 16.8. The molecular formula is C17H27ClN2O4. The number of ether oxygens (including phenoxy) is 3. The molecule has 1 aromatic rings. The predicted molar refractivity (Wildman–Crippen MR) is 95.4 cm³/mol. The number of methoxy groups -OCH3 is 3. The van der Waals surface area contributed by atoms with Crippen LogP contribution in [0.5, 0.6) is 17.2 Å². The van der Waals surface area contributed by atoms with Crippen LogP contribution in [0, 0.1) is 5.92 Å². The lowest BCUT2D eigenvalue weighted by molar-refractivity contribution is -0.126. The van der Waals surface area contributed by atoms with Gasteiger partial charge in [-0.15, -0.1) is 12.4 Å². The first kappa shape index (κ1) is 20.4. The highest BCUT2D eigenvalue weighted by Crippen LogP contribution is 2.39. The Hall–Kier alpha value is -1.66. The van der Waals surface area contributed by atoms with E-state index in [0.29, 0.717) is 29.8 Å². The van der Waals surface area contributed by atoms with E-state index in [0.717, 1.165) is 24.9 Å². The van der Waals surface area contributed by atoms with E-state index >= 15 is 0 Å². The van der Waals surface area contributed by atoms with Crippen LogP contribution in [-0.2, 0) is 11.3 Å². The topological polar surface area (TPSA) is 68.8 Å². The van der Waals surface area contributed by atoms with Gasteiger partial charge in [0, 0.05) is 24.1 Å². The molecule has 1 heterocycles. The molecule has 2 atom stereocenters. The number of hydrogen-bond acceptors (Lipinski definition) is 5. The number of piperidine rings is 1. The van der Waals surface area contributed by atoms with Crippen LogP contribution in [0.4, 0.5) is 0 Å². The van der Waals surface area contributed by atoms with Crippen LogP contribution in [0.2, 0.25) is 0 Å². The molecule has 0 aliphatic carbocycles. The normalized spacial score (nSPS) is 19.8. The lowest BCUT2D eigenvalue weighted by Gasteiger charge is -2.27. The van der Waals surface area contributed by atoms with Gasteiger partial charge >= 0.3 is 0 Å². The highest BCUT2D eigenvalue weighted by Gasteiger charge is 2.25. The number of halogens is 1. The van der Waals surface area contributed by atoms with Gasteiger partial charge < -0.3 is 24.8 Å². The number of carbonyl (C=O) groups is 1. The summed E-state index contributed by atoms with van der Waals surface area (Å²) in [6, 6.07) is 4.08. The van der Waals surface area contributed by atoms with Gasteiger partial charge in [0.05, 0.1) is 21.3 Å². The number of carbonyl (C=O) groups excluding carboxylic acids is 1. The molecule has 1 fully saturated rings. The van der Waals surface area contributed by atoms with Gasteiger partial charge in [-0.3, -0.25) is 4.79 Å². The van der Waals surface area contributed by atoms with Crippen LogP contribution in [0.25, 0.3) is 0 Å². The van der Waals surface area contributed by atoms with E-state index in [2.05, 4.69) is 17.6 Å². The summed E-state index contributed by atoms with van der Waals surface area (Å²) in [5.74, 6) is 1.89. The minimum absolute atomic E-state index is 0. The van der Waals surface area contributed by atoms with E-state index in [-0.39, 0.29) is 24.2 Å². The minimum Gasteiger partial charge on any atom is -0.493 e. The maximum absolute atomic E-state index is 12.4. The molecule has 0 aromatic heterocycles. The fourth-order valence-corrected chi connectivity index (χ4v) is 3.00. The van der Waals surface area contributed by atoms with Gasteiger partial charge in [0.25, 0.3) is 0 Å². The third-order valence-corrected chi connectivity index (χ3v) is 4.23. The molecule has 1 amide bonds. The lowest BCUT2D eigenvalue weighted by atomic mass is 9.92. The van der Waals surface area contributed by atoms with Crippen molar-refractivity contribution >= 4 is 18.3 Å². The van der Waals surface area contributed by atoms with E-state index in [1.165, 1.54) is 0 Å². The quantitative estimate of drug-likeness (QED) is 0.815. The molecule has 2 rings (SSSR count). The van der Waals surface area contributed by atoms with Crippen LogP contribution in [0.3, 0.4) is 0 Å². The number of rotatable bonds is 6. The van der Waals surface area contributed by atoms with Gasteiger partial charge in [0.1, 0.15) is 0 Å². The lowest BCUT2D eigenvalue weighted by Crippen LogP contribution is -2.42. The highest BCUT2D eigenvalue weighted by atomic mass is 35.5. The van der Waals surface area contributed by atoms with Crippen molar-refractivity contribution in [3.05, 3.63) is 17.7 Å². The van der Waals surface area contributed by atoms with Crippen molar-refractivity contribution < 1.29 is 19.0 Å². The molecule has 0 radical (unpaired) electrons. The molecule has 1 aromatic carbocycles. The molecule has 1 aliphatic rings. The van der Waals surface area contributed by atoms with Crippen molar-refractivity contribution in [2.75, 3.05) is 27.9 Å². The summed E-state index contributed by atoms with van der Waals surface area (Å²) in [6.45, 7) is 3.40. The second-order valence-electron chi connectivity index (χ2n) is 5.79. The largest absolute Gasteiger partial charge is 0.493 e. The van der Waals surface area contributed by atoms with Crippen LogP contribution in [-0.4, -0.2) is 39.8 Å². The van der Waals surface area contributed by atoms with Gasteiger partial charge in [0.2, 0.25) is 11.7 Å². The average molecular weight is 359 g/mol. The van der Waals surface area contributed by atoms with Crippen molar-refractivity contribution in [1.82, 2.24) is 10.6 Å². The van der Waals surface area contributed by atoms with Crippen LogP contribution >= 0.6 is 12.4 Å². The third kappa shape index (κ3) is 4.68. The molecule has 1 saturated heterocycles. The minimum atomic E-state index is 0. The molecule has 2 N–H and O–H groups in total. The van der Waals surface area contributed by atoms with E-state index in [4.69, 9.17) is 14.2 Å². The maximum Gasteiger partial charge on any atom is 0.223 e. The zero-order valence-electron chi connectivity index (χ0n) is 14.7. The number of nitrogens with one attached hydrogen (secondary N) is 2. The van der Waals surface area contributed by atoms with Gasteiger partial charge in [-0.1, -0.05) is 0 Å². The first-order valence-electron chi connectivity index (χ1n) is 7.89. The Morgan fingerprint density at radius 1 is 1.21 bits per heavy atom. The summed E-state index contributed by atoms with van der Waals surface area (Å²) < 4.78 is 16.1. The second-order valence-corrected chi connectivity index (χ2v) is 5.79. The molecule has 136 valence electrons. The monoisotopic (exact) mass is 358 g/mol. The van der Waals surface area contributed by atoms with Gasteiger partial charge in [-0.05, 0) is 38.4 Å². The first-order chi connectivity index (χ1) is 11.1. The van der Waals surface area contributed by atoms with E-state index in [1.54, 1.807) is 21.3 Å². The predicted octanol–water partition coefficient (Wildman–Crippen LogP) is 2.14. The molecule has 0 saturated carbocycles. The number of hydrogen-bond donors (Lipinski definition) is 2. The van der Waals surface area contributed by atoms with E-state index < -0.39 is 0 Å². The SMILES string of the molecule is COc1ccc(CNC(=O)[C@H]2CCN[C@@H](C)C2)c(OC)c1OC.Cl. The summed E-state index contributed by atoms with van der Waals surface area (Å²) in [7, 11) is 4.73. The van der Waals surface area contributed by atoms with E-state index in [9.17, 15) is 4.79 Å². The van der Waals surface area contributed by atoms with Crippen molar-refractivity contribution in [2.45, 2.75) is 32.4 Å². The fourth-order valence-electron chi connectivity index (χ4n) is 3.00. The van der Waals surface area contributed by atoms with Crippen LogP contribution < -0.4 is 24.8 Å². The summed E-state index contributed by atoms with van der Waals surface area (Å²) in [5.41, 5.74) is 0.862. The Labute approximate surface area is 149 Å². The van der Waals surface area contributed by atoms with Crippen molar-refractivity contribution in [3.63, 3.8) is 0 Å². The fraction of sp³-hybridized carbons (Fsp3) is 0.588. The van der Waals surface area contributed by atoms with Crippen molar-refractivity contribution in [2.24, 2.45) is 5.92 Å². The molecular weight excluding hydrogens is 332 g/mol. The van der Waals surface area contributed by atoms with Crippen LogP contribution in [0.1, 0.15) is 25.3 Å². The zero-order valence-corrected chi connectivity index (χ0v) is 15.5. The Balaban J connectivity index is 0.00000288. The number of amides is 1. The Kier molecular flexibility index (Phi) is 8.15. The van der Waals surface area contributed by atoms with Gasteiger partial charge in [-0.25, -0.2) is 0 Å². The molecule has 0 spiro atoms. The van der Waals surface area contributed by atoms with Gasteiger partial charge in [0.15, 0.2) is 11.5 Å². The Morgan fingerprint density at radius 3 is 2.50 bits per heavy atom. The summed E-state index contributed by atoms with van der Waals surface area (Å²) >= 11 is 0. The van der Waals surface area contributed by atoms with Crippen LogP contribution in [0.15, 0.2) is 12.1 Å². The van der Waals surface area contributed by atoms with Crippen molar-refractivity contribution in [1.29, 1.82) is 0 Å². The first-order valence-corrected chi connectivity index (χ1v) is 7.89. The third-order valence-electron chi connectivity index (χ3n) is 4.23. The Morgan fingerprint density at radius 2 is 1.92 bits per heavy atom. The molecule has 7 heteroatoms. The average Bonchev–Trinajstić information content (AvgIpc) is 2.58. The van der Waals surface area contributed by atoms with E-state index in [1.807, 2.05) is 12.1 Å². The smallest absolute Gasteiger partial charge is 0.223 e. The Bertz CT molecular complexity index is 554.